The normalized spacial score (nSPS) is 15.2. The van der Waals surface area contributed by atoms with Crippen molar-refractivity contribution >= 4 is 28.1 Å². The Bertz CT molecular complexity index is 768. The molecule has 2 heterocycles. The lowest BCUT2D eigenvalue weighted by Crippen LogP contribution is -2.28. The highest BCUT2D eigenvalue weighted by molar-refractivity contribution is 7.14. The van der Waals surface area contributed by atoms with Gasteiger partial charge in [0.1, 0.15) is 0 Å². The van der Waals surface area contributed by atoms with Crippen LogP contribution in [-0.2, 0) is 9.53 Å². The molecule has 1 aromatic heterocycles. The molecular weight excluding hydrogens is 330 g/mol. The van der Waals surface area contributed by atoms with Crippen molar-refractivity contribution in [2.45, 2.75) is 19.8 Å². The highest BCUT2D eigenvalue weighted by atomic mass is 32.1. The fourth-order valence-electron chi connectivity index (χ4n) is 2.60. The van der Waals surface area contributed by atoms with E-state index in [0.29, 0.717) is 48.0 Å². The minimum absolute atomic E-state index is 0.0471. The van der Waals surface area contributed by atoms with Gasteiger partial charge in [0.2, 0.25) is 5.91 Å². The van der Waals surface area contributed by atoms with Crippen LogP contribution in [0.3, 0.4) is 0 Å². The van der Waals surface area contributed by atoms with E-state index in [1.807, 2.05) is 0 Å². The summed E-state index contributed by atoms with van der Waals surface area (Å²) in [6, 6.07) is 5.00. The average molecular weight is 347 g/mol. The molecule has 7 nitrogen and oxygen atoms in total. The molecule has 8 heteroatoms. The van der Waals surface area contributed by atoms with Crippen molar-refractivity contribution in [3.05, 3.63) is 39.3 Å². The number of nitro benzene ring substituents is 1. The second-order valence-electron chi connectivity index (χ2n) is 5.67. The molecule has 1 saturated heterocycles. The maximum Gasteiger partial charge on any atom is 0.272 e. The quantitative estimate of drug-likeness (QED) is 0.676. The van der Waals surface area contributed by atoms with Crippen molar-refractivity contribution in [2.75, 3.05) is 18.5 Å². The molecule has 0 radical (unpaired) electrons. The molecule has 24 heavy (non-hydrogen) atoms. The lowest BCUT2D eigenvalue weighted by molar-refractivity contribution is -0.385. The largest absolute Gasteiger partial charge is 0.381 e. The van der Waals surface area contributed by atoms with Crippen molar-refractivity contribution in [3.63, 3.8) is 0 Å². The van der Waals surface area contributed by atoms with Gasteiger partial charge >= 0.3 is 0 Å². The lowest BCUT2D eigenvalue weighted by Gasteiger charge is -2.20. The van der Waals surface area contributed by atoms with Crippen molar-refractivity contribution < 1.29 is 14.5 Å². The summed E-state index contributed by atoms with van der Waals surface area (Å²) in [6.45, 7) is 2.91. The van der Waals surface area contributed by atoms with Crippen LogP contribution >= 0.6 is 11.3 Å². The van der Waals surface area contributed by atoms with Gasteiger partial charge < -0.3 is 10.1 Å². The molecule has 1 N–H and O–H groups in total. The van der Waals surface area contributed by atoms with Crippen molar-refractivity contribution in [2.24, 2.45) is 5.92 Å². The Morgan fingerprint density at radius 1 is 1.42 bits per heavy atom. The smallest absolute Gasteiger partial charge is 0.272 e. The molecule has 3 rings (SSSR count). The minimum atomic E-state index is -0.404. The van der Waals surface area contributed by atoms with E-state index in [0.717, 1.165) is 0 Å². The second-order valence-corrected chi connectivity index (χ2v) is 6.53. The predicted octanol–water partition coefficient (Wildman–Crippen LogP) is 3.39. The molecule has 1 fully saturated rings. The Labute approximate surface area is 142 Å². The van der Waals surface area contributed by atoms with Gasteiger partial charge in [0.25, 0.3) is 5.69 Å². The zero-order valence-corrected chi connectivity index (χ0v) is 14.0. The van der Waals surface area contributed by atoms with E-state index in [4.69, 9.17) is 4.74 Å². The summed E-state index contributed by atoms with van der Waals surface area (Å²) in [5, 5.41) is 16.2. The topological polar surface area (TPSA) is 94.4 Å². The van der Waals surface area contributed by atoms with Gasteiger partial charge in [-0.25, -0.2) is 4.98 Å². The van der Waals surface area contributed by atoms with E-state index in [2.05, 4.69) is 10.3 Å². The van der Waals surface area contributed by atoms with E-state index in [9.17, 15) is 14.9 Å². The molecule has 0 spiro atoms. The summed E-state index contributed by atoms with van der Waals surface area (Å²) in [5.41, 5.74) is 1.95. The Morgan fingerprint density at radius 2 is 2.17 bits per heavy atom. The average Bonchev–Trinajstić information content (AvgIpc) is 3.04. The number of nitrogens with zero attached hydrogens (tertiary/aromatic N) is 2. The number of nitro groups is 1. The molecule has 1 aromatic carbocycles. The number of hydrogen-bond acceptors (Lipinski definition) is 6. The number of nitrogens with one attached hydrogen (secondary N) is 1. The Morgan fingerprint density at radius 3 is 2.88 bits per heavy atom. The van der Waals surface area contributed by atoms with Crippen LogP contribution < -0.4 is 5.32 Å². The van der Waals surface area contributed by atoms with Gasteiger partial charge in [0, 0.05) is 41.7 Å². The van der Waals surface area contributed by atoms with Gasteiger partial charge in [0.15, 0.2) is 5.13 Å². The summed E-state index contributed by atoms with van der Waals surface area (Å²) in [7, 11) is 0. The first-order chi connectivity index (χ1) is 11.5. The van der Waals surface area contributed by atoms with Crippen LogP contribution in [0.25, 0.3) is 11.3 Å². The zero-order valence-electron chi connectivity index (χ0n) is 13.2. The first-order valence-electron chi connectivity index (χ1n) is 7.64. The number of aryl methyl sites for hydroxylation is 1. The third-order valence-corrected chi connectivity index (χ3v) is 4.79. The molecule has 0 aliphatic carbocycles. The molecule has 126 valence electrons. The number of amides is 1. The maximum absolute atomic E-state index is 12.2. The number of hydrogen-bond donors (Lipinski definition) is 1. The summed E-state index contributed by atoms with van der Waals surface area (Å²) in [4.78, 5) is 27.2. The van der Waals surface area contributed by atoms with Crippen LogP contribution in [0.1, 0.15) is 18.4 Å². The predicted molar refractivity (Wildman–Crippen MR) is 91.1 cm³/mol. The lowest BCUT2D eigenvalue weighted by atomic mass is 10.00. The van der Waals surface area contributed by atoms with Crippen LogP contribution in [0.15, 0.2) is 23.6 Å². The van der Waals surface area contributed by atoms with E-state index in [1.165, 1.54) is 17.4 Å². The van der Waals surface area contributed by atoms with Crippen molar-refractivity contribution in [1.82, 2.24) is 4.98 Å². The van der Waals surface area contributed by atoms with E-state index in [1.54, 1.807) is 24.4 Å². The van der Waals surface area contributed by atoms with Gasteiger partial charge in [-0.2, -0.15) is 0 Å². The molecule has 0 atom stereocenters. The minimum Gasteiger partial charge on any atom is -0.381 e. The third-order valence-electron chi connectivity index (χ3n) is 4.03. The van der Waals surface area contributed by atoms with E-state index < -0.39 is 4.92 Å². The second kappa shape index (κ2) is 7.06. The summed E-state index contributed by atoms with van der Waals surface area (Å²) in [5.74, 6) is -0.0966. The number of ether oxygens (including phenoxy) is 1. The van der Waals surface area contributed by atoms with Gasteiger partial charge in [0.05, 0.1) is 10.6 Å². The number of carbonyl (C=O) groups is 1. The van der Waals surface area contributed by atoms with Crippen molar-refractivity contribution in [3.8, 4) is 11.3 Å². The summed E-state index contributed by atoms with van der Waals surface area (Å²) in [6.07, 6.45) is 1.43. The molecule has 1 amide bonds. The summed E-state index contributed by atoms with van der Waals surface area (Å²) >= 11 is 1.31. The first kappa shape index (κ1) is 16.5. The molecule has 0 bridgehead atoms. The number of aromatic nitrogens is 1. The third kappa shape index (κ3) is 3.60. The van der Waals surface area contributed by atoms with Crippen LogP contribution in [0, 0.1) is 23.0 Å². The molecule has 0 saturated carbocycles. The SMILES string of the molecule is Cc1ccc(-c2csc(NC(=O)C3CCOCC3)n2)cc1[N+](=O)[O-]. The van der Waals surface area contributed by atoms with Gasteiger partial charge in [-0.1, -0.05) is 12.1 Å². The van der Waals surface area contributed by atoms with Crippen molar-refractivity contribution in [1.29, 1.82) is 0 Å². The Kier molecular flexibility index (Phi) is 4.86. The van der Waals surface area contributed by atoms with Crippen LogP contribution in [0.2, 0.25) is 0 Å². The maximum atomic E-state index is 12.2. The number of rotatable bonds is 4. The summed E-state index contributed by atoms with van der Waals surface area (Å²) < 4.78 is 5.25. The van der Waals surface area contributed by atoms with Gasteiger partial charge in [-0.15, -0.1) is 11.3 Å². The number of anilines is 1. The molecule has 1 aliphatic rings. The van der Waals surface area contributed by atoms with E-state index in [-0.39, 0.29) is 17.5 Å². The molecule has 2 aromatic rings. The van der Waals surface area contributed by atoms with Gasteiger partial charge in [-0.3, -0.25) is 14.9 Å². The number of carbonyl (C=O) groups excluding carboxylic acids is 1. The standard InChI is InChI=1S/C16H17N3O4S/c1-10-2-3-12(8-14(10)19(21)22)13-9-24-16(17-13)18-15(20)11-4-6-23-7-5-11/h2-3,8-9,11H,4-7H2,1H3,(H,17,18,20). The number of benzene rings is 1. The molecule has 0 unspecified atom stereocenters. The van der Waals surface area contributed by atoms with Crippen LogP contribution in [0.4, 0.5) is 10.8 Å². The van der Waals surface area contributed by atoms with Crippen LogP contribution in [-0.4, -0.2) is 29.0 Å². The first-order valence-corrected chi connectivity index (χ1v) is 8.52. The van der Waals surface area contributed by atoms with E-state index >= 15 is 0 Å². The zero-order chi connectivity index (χ0) is 17.1. The molecular formula is C16H17N3O4S. The van der Waals surface area contributed by atoms with Crippen LogP contribution in [0.5, 0.6) is 0 Å². The highest BCUT2D eigenvalue weighted by Gasteiger charge is 2.22. The monoisotopic (exact) mass is 347 g/mol. The Hall–Kier alpha value is -2.32. The Balaban J connectivity index is 1.74. The fourth-order valence-corrected chi connectivity index (χ4v) is 3.32. The highest BCUT2D eigenvalue weighted by Crippen LogP contribution is 2.29. The fraction of sp³-hybridized carbons (Fsp3) is 0.375. The van der Waals surface area contributed by atoms with Gasteiger partial charge in [-0.05, 0) is 19.8 Å². The molecule has 1 aliphatic heterocycles. The number of thiazole rings is 1.